The lowest BCUT2D eigenvalue weighted by molar-refractivity contribution is 0.105. The molecule has 2 fully saturated rings. The number of amides is 1. The Balaban J connectivity index is 1.52. The summed E-state index contributed by atoms with van der Waals surface area (Å²) in [5.41, 5.74) is 8.90. The first kappa shape index (κ1) is 13.8. The molecule has 0 radical (unpaired) electrons. The van der Waals surface area contributed by atoms with Crippen molar-refractivity contribution in [1.29, 1.82) is 0 Å². The number of aromatic nitrogens is 1. The lowest BCUT2D eigenvalue weighted by Crippen LogP contribution is -2.45. The summed E-state index contributed by atoms with van der Waals surface area (Å²) in [5.74, 6) is 0.710. The summed E-state index contributed by atoms with van der Waals surface area (Å²) < 4.78 is 11.5. The van der Waals surface area contributed by atoms with Crippen LogP contribution in [-0.2, 0) is 11.3 Å². The zero-order chi connectivity index (χ0) is 16.3. The van der Waals surface area contributed by atoms with Crippen molar-refractivity contribution in [2.24, 2.45) is 5.73 Å². The van der Waals surface area contributed by atoms with Gasteiger partial charge < -0.3 is 15.2 Å². The van der Waals surface area contributed by atoms with Gasteiger partial charge in [0.1, 0.15) is 24.0 Å². The van der Waals surface area contributed by atoms with Crippen LogP contribution < -0.4 is 15.4 Å². The number of nitrogens with two attached hydrogens (primary N) is 1. The Morgan fingerprint density at radius 2 is 2.08 bits per heavy atom. The van der Waals surface area contributed by atoms with E-state index in [9.17, 15) is 4.79 Å². The monoisotopic (exact) mass is 323 g/mol. The summed E-state index contributed by atoms with van der Waals surface area (Å²) in [5, 5.41) is 0. The van der Waals surface area contributed by atoms with Gasteiger partial charge in [-0.25, -0.2) is 4.79 Å². The summed E-state index contributed by atoms with van der Waals surface area (Å²) >= 11 is 0. The minimum atomic E-state index is -0.310. The fourth-order valence-corrected chi connectivity index (χ4v) is 3.60. The van der Waals surface area contributed by atoms with Crippen molar-refractivity contribution in [3.05, 3.63) is 42.2 Å². The minimum Gasteiger partial charge on any atom is -0.489 e. The number of hydrogen-bond acceptors (Lipinski definition) is 5. The fraction of sp³-hybridized carbons (Fsp3) is 0.333. The van der Waals surface area contributed by atoms with Gasteiger partial charge in [0, 0.05) is 18.3 Å². The Morgan fingerprint density at radius 1 is 1.25 bits per heavy atom. The maximum atomic E-state index is 12.3. The maximum absolute atomic E-state index is 12.3. The van der Waals surface area contributed by atoms with Crippen LogP contribution in [0.25, 0.3) is 11.1 Å². The van der Waals surface area contributed by atoms with Crippen LogP contribution in [0.3, 0.4) is 0 Å². The zero-order valence-electron chi connectivity index (χ0n) is 13.1. The average Bonchev–Trinajstić information content (AvgIpc) is 3.34. The number of anilines is 1. The van der Waals surface area contributed by atoms with Gasteiger partial charge in [-0.2, -0.15) is 0 Å². The number of carbonyl (C=O) groups is 1. The molecule has 1 atom stereocenters. The van der Waals surface area contributed by atoms with Gasteiger partial charge in [-0.1, -0.05) is 12.1 Å². The SMILES string of the molecule is NCc1ccc(-c2ccc3c(c2)OC[C@@H]2N3C(=O)OC23CC3)cn1. The van der Waals surface area contributed by atoms with E-state index < -0.39 is 0 Å². The van der Waals surface area contributed by atoms with Crippen molar-refractivity contribution in [3.8, 4) is 16.9 Å². The van der Waals surface area contributed by atoms with Crippen LogP contribution in [-0.4, -0.2) is 29.3 Å². The molecule has 0 unspecified atom stereocenters. The van der Waals surface area contributed by atoms with E-state index in [0.717, 1.165) is 35.3 Å². The van der Waals surface area contributed by atoms with Crippen LogP contribution in [0.4, 0.5) is 10.5 Å². The van der Waals surface area contributed by atoms with Gasteiger partial charge in [-0.15, -0.1) is 0 Å². The lowest BCUT2D eigenvalue weighted by Gasteiger charge is -2.31. The molecule has 0 bridgehead atoms. The third-order valence-electron chi connectivity index (χ3n) is 5.13. The molecule has 122 valence electrons. The number of benzene rings is 1. The number of pyridine rings is 1. The smallest absolute Gasteiger partial charge is 0.415 e. The van der Waals surface area contributed by atoms with Crippen molar-refractivity contribution >= 4 is 11.8 Å². The molecule has 1 saturated carbocycles. The zero-order valence-corrected chi connectivity index (χ0v) is 13.1. The Hall–Kier alpha value is -2.60. The van der Waals surface area contributed by atoms with Crippen molar-refractivity contribution in [3.63, 3.8) is 0 Å². The summed E-state index contributed by atoms with van der Waals surface area (Å²) in [4.78, 5) is 18.4. The number of rotatable bonds is 2. The van der Waals surface area contributed by atoms with Crippen LogP contribution >= 0.6 is 0 Å². The van der Waals surface area contributed by atoms with E-state index in [-0.39, 0.29) is 17.7 Å². The molecule has 1 aromatic carbocycles. The van der Waals surface area contributed by atoms with Crippen LogP contribution in [0.15, 0.2) is 36.5 Å². The highest BCUT2D eigenvalue weighted by atomic mass is 16.6. The highest BCUT2D eigenvalue weighted by Gasteiger charge is 2.64. The number of fused-ring (bicyclic) bond motifs is 4. The van der Waals surface area contributed by atoms with Crippen LogP contribution in [0.2, 0.25) is 0 Å². The molecule has 2 N–H and O–H groups in total. The third-order valence-corrected chi connectivity index (χ3v) is 5.13. The topological polar surface area (TPSA) is 77.7 Å². The fourth-order valence-electron chi connectivity index (χ4n) is 3.60. The molecule has 3 heterocycles. The van der Waals surface area contributed by atoms with Crippen molar-refractivity contribution in [1.82, 2.24) is 4.98 Å². The molecule has 3 aliphatic rings. The Labute approximate surface area is 139 Å². The van der Waals surface area contributed by atoms with Crippen LogP contribution in [0.1, 0.15) is 18.5 Å². The maximum Gasteiger partial charge on any atom is 0.415 e. The molecule has 1 saturated heterocycles. The molecule has 1 amide bonds. The molecule has 1 spiro atoms. The predicted molar refractivity (Wildman–Crippen MR) is 87.8 cm³/mol. The highest BCUT2D eigenvalue weighted by molar-refractivity contribution is 5.95. The summed E-state index contributed by atoms with van der Waals surface area (Å²) in [6, 6.07) is 9.77. The average molecular weight is 323 g/mol. The van der Waals surface area contributed by atoms with Gasteiger partial charge in [-0.3, -0.25) is 9.88 Å². The summed E-state index contributed by atoms with van der Waals surface area (Å²) in [6.07, 6.45) is 3.40. The van der Waals surface area contributed by atoms with E-state index in [0.29, 0.717) is 18.9 Å². The molecular weight excluding hydrogens is 306 g/mol. The molecule has 2 aliphatic heterocycles. The van der Waals surface area contributed by atoms with Crippen molar-refractivity contribution < 1.29 is 14.3 Å². The quantitative estimate of drug-likeness (QED) is 0.918. The molecule has 1 aliphatic carbocycles. The Kier molecular flexibility index (Phi) is 2.71. The van der Waals surface area contributed by atoms with E-state index >= 15 is 0 Å². The van der Waals surface area contributed by atoms with Crippen molar-refractivity contribution in [2.45, 2.75) is 31.0 Å². The second-order valence-corrected chi connectivity index (χ2v) is 6.55. The molecule has 1 aromatic heterocycles. The van der Waals surface area contributed by atoms with E-state index in [1.807, 2.05) is 30.3 Å². The normalized spacial score (nSPS) is 22.6. The summed E-state index contributed by atoms with van der Waals surface area (Å²) in [6.45, 7) is 0.903. The first-order valence-electron chi connectivity index (χ1n) is 8.15. The molecule has 6 heteroatoms. The van der Waals surface area contributed by atoms with E-state index in [4.69, 9.17) is 15.2 Å². The van der Waals surface area contributed by atoms with Gasteiger partial charge in [0.05, 0.1) is 11.4 Å². The van der Waals surface area contributed by atoms with Crippen molar-refractivity contribution in [2.75, 3.05) is 11.5 Å². The molecular formula is C18H17N3O3. The molecule has 24 heavy (non-hydrogen) atoms. The molecule has 6 nitrogen and oxygen atoms in total. The number of carbonyl (C=O) groups excluding carboxylic acids is 1. The van der Waals surface area contributed by atoms with Crippen LogP contribution in [0.5, 0.6) is 5.75 Å². The molecule has 5 rings (SSSR count). The second kappa shape index (κ2) is 4.70. The van der Waals surface area contributed by atoms with E-state index in [1.165, 1.54) is 0 Å². The summed E-state index contributed by atoms with van der Waals surface area (Å²) in [7, 11) is 0. The van der Waals surface area contributed by atoms with Gasteiger partial charge >= 0.3 is 6.09 Å². The third kappa shape index (κ3) is 1.86. The largest absolute Gasteiger partial charge is 0.489 e. The van der Waals surface area contributed by atoms with Gasteiger partial charge in [0.15, 0.2) is 0 Å². The first-order valence-corrected chi connectivity index (χ1v) is 8.15. The van der Waals surface area contributed by atoms with Gasteiger partial charge in [0.2, 0.25) is 0 Å². The van der Waals surface area contributed by atoms with E-state index in [2.05, 4.69) is 4.98 Å². The van der Waals surface area contributed by atoms with Gasteiger partial charge in [-0.05, 0) is 36.6 Å². The Morgan fingerprint density at radius 3 is 2.79 bits per heavy atom. The second-order valence-electron chi connectivity index (χ2n) is 6.55. The minimum absolute atomic E-state index is 0.00569. The number of hydrogen-bond donors (Lipinski definition) is 1. The van der Waals surface area contributed by atoms with Crippen LogP contribution in [0, 0.1) is 0 Å². The molecule has 2 aromatic rings. The number of ether oxygens (including phenoxy) is 2. The standard InChI is InChI=1S/C18H17N3O3/c19-8-13-3-1-12(9-20-13)11-2-4-14-15(7-11)23-10-16-18(5-6-18)24-17(22)21(14)16/h1-4,7,9,16H,5-6,8,10,19H2/t16-/m0/s1. The Bertz CT molecular complexity index is 830. The number of nitrogens with zero attached hydrogens (tertiary/aromatic N) is 2. The van der Waals surface area contributed by atoms with E-state index in [1.54, 1.807) is 11.1 Å². The first-order chi connectivity index (χ1) is 11.7. The van der Waals surface area contributed by atoms with Gasteiger partial charge in [0.25, 0.3) is 0 Å². The lowest BCUT2D eigenvalue weighted by atomic mass is 10.0. The highest BCUT2D eigenvalue weighted by Crippen LogP contribution is 2.53. The predicted octanol–water partition coefficient (Wildman–Crippen LogP) is 2.46.